The molecule has 3 aromatic rings. The van der Waals surface area contributed by atoms with E-state index in [2.05, 4.69) is 15.2 Å². The molecule has 130 valence electrons. The summed E-state index contributed by atoms with van der Waals surface area (Å²) in [5.74, 6) is -0.813. The molecule has 2 N–H and O–H groups in total. The Morgan fingerprint density at radius 3 is 2.48 bits per heavy atom. The molecule has 0 aliphatic rings. The second kappa shape index (κ2) is 7.16. The van der Waals surface area contributed by atoms with Crippen LogP contribution in [0.2, 0.25) is 0 Å². The monoisotopic (exact) mass is 386 g/mol. The van der Waals surface area contributed by atoms with Crippen LogP contribution in [0.3, 0.4) is 0 Å². The van der Waals surface area contributed by atoms with Crippen LogP contribution in [0.1, 0.15) is 16.1 Å². The number of hydrogen-bond donors (Lipinski definition) is 1. The highest BCUT2D eigenvalue weighted by molar-refractivity contribution is 7.18. The third-order valence-corrected chi connectivity index (χ3v) is 4.30. The van der Waals surface area contributed by atoms with Gasteiger partial charge in [0.25, 0.3) is 5.91 Å². The number of carbonyl (C=O) groups excluding carboxylic acids is 1. The molecule has 0 unspecified atom stereocenters. The van der Waals surface area contributed by atoms with Crippen LogP contribution < -0.4 is 5.73 Å². The van der Waals surface area contributed by atoms with Gasteiger partial charge in [-0.05, 0) is 23.8 Å². The summed E-state index contributed by atoms with van der Waals surface area (Å²) in [7, 11) is 0. The van der Waals surface area contributed by atoms with E-state index in [-0.39, 0.29) is 28.5 Å². The van der Waals surface area contributed by atoms with E-state index in [1.54, 1.807) is 6.07 Å². The minimum atomic E-state index is -4.48. The normalized spacial score (nSPS) is 11.0. The molecule has 0 saturated heterocycles. The topological polar surface area (TPSA) is 81.8 Å². The molecule has 3 rings (SSSR count). The first kappa shape index (κ1) is 18.8. The van der Waals surface area contributed by atoms with Crippen LogP contribution in [0.15, 0.2) is 42.7 Å². The molecule has 25 heavy (non-hydrogen) atoms. The quantitative estimate of drug-likeness (QED) is 0.742. The zero-order chi connectivity index (χ0) is 17.3. The fourth-order valence-electron chi connectivity index (χ4n) is 2.06. The van der Waals surface area contributed by atoms with Crippen molar-refractivity contribution in [2.24, 2.45) is 5.73 Å². The Kier molecular flexibility index (Phi) is 5.39. The standard InChI is InChI=1S/C15H9F3N4OS.ClH/c16-15(17,18)10-3-1-2-8(6-10)12-11(13(19)23)22-14(24-12)9-4-5-20-21-7-9;/h1-7H,(H2,19,23);1H. The van der Waals surface area contributed by atoms with Crippen LogP contribution in [0, 0.1) is 0 Å². The lowest BCUT2D eigenvalue weighted by Gasteiger charge is -2.08. The molecule has 0 aliphatic heterocycles. The lowest BCUT2D eigenvalue weighted by atomic mass is 10.1. The SMILES string of the molecule is Cl.NC(=O)c1nc(-c2ccnnc2)sc1-c1cccc(C(F)(F)F)c1. The first-order valence-electron chi connectivity index (χ1n) is 6.61. The maximum Gasteiger partial charge on any atom is 0.416 e. The number of aromatic nitrogens is 3. The van der Waals surface area contributed by atoms with Crippen molar-refractivity contribution >= 4 is 29.7 Å². The number of primary amides is 1. The molecular formula is C15H10ClF3N4OS. The summed E-state index contributed by atoms with van der Waals surface area (Å²) in [5, 5.41) is 7.78. The van der Waals surface area contributed by atoms with E-state index in [4.69, 9.17) is 5.73 Å². The molecule has 10 heteroatoms. The molecule has 1 amide bonds. The number of amides is 1. The predicted octanol–water partition coefficient (Wildman–Crippen LogP) is 3.81. The van der Waals surface area contributed by atoms with E-state index >= 15 is 0 Å². The highest BCUT2D eigenvalue weighted by Crippen LogP contribution is 2.37. The van der Waals surface area contributed by atoms with Gasteiger partial charge in [-0.25, -0.2) is 4.98 Å². The third-order valence-electron chi connectivity index (χ3n) is 3.14. The summed E-state index contributed by atoms with van der Waals surface area (Å²) in [6.07, 6.45) is -1.59. The van der Waals surface area contributed by atoms with Gasteiger partial charge < -0.3 is 5.73 Å². The maximum atomic E-state index is 12.9. The van der Waals surface area contributed by atoms with Gasteiger partial charge in [0.15, 0.2) is 0 Å². The van der Waals surface area contributed by atoms with Gasteiger partial charge in [-0.2, -0.15) is 23.4 Å². The molecule has 2 aromatic heterocycles. The minimum Gasteiger partial charge on any atom is -0.364 e. The average Bonchev–Trinajstić information content (AvgIpc) is 3.01. The van der Waals surface area contributed by atoms with Crippen molar-refractivity contribution in [1.29, 1.82) is 0 Å². The molecule has 1 aromatic carbocycles. The number of benzene rings is 1. The van der Waals surface area contributed by atoms with E-state index in [9.17, 15) is 18.0 Å². The lowest BCUT2D eigenvalue weighted by molar-refractivity contribution is -0.137. The smallest absolute Gasteiger partial charge is 0.364 e. The van der Waals surface area contributed by atoms with Gasteiger partial charge in [0.1, 0.15) is 10.7 Å². The summed E-state index contributed by atoms with van der Waals surface area (Å²) >= 11 is 1.07. The molecule has 0 aliphatic carbocycles. The molecule has 2 heterocycles. The summed E-state index contributed by atoms with van der Waals surface area (Å²) in [6, 6.07) is 6.31. The summed E-state index contributed by atoms with van der Waals surface area (Å²) < 4.78 is 38.7. The Morgan fingerprint density at radius 2 is 1.88 bits per heavy atom. The second-order valence-corrected chi connectivity index (χ2v) is 5.77. The van der Waals surface area contributed by atoms with Gasteiger partial charge in [0.05, 0.1) is 22.8 Å². The Morgan fingerprint density at radius 1 is 1.12 bits per heavy atom. The van der Waals surface area contributed by atoms with Crippen molar-refractivity contribution in [2.75, 3.05) is 0 Å². The van der Waals surface area contributed by atoms with Crippen LogP contribution in [0.5, 0.6) is 0 Å². The Balaban J connectivity index is 0.00000225. The van der Waals surface area contributed by atoms with Crippen LogP contribution in [0.25, 0.3) is 21.0 Å². The number of nitrogens with two attached hydrogens (primary N) is 1. The van der Waals surface area contributed by atoms with Crippen molar-refractivity contribution in [3.05, 3.63) is 54.0 Å². The number of rotatable bonds is 3. The number of alkyl halides is 3. The Hall–Kier alpha value is -2.52. The summed E-state index contributed by atoms with van der Waals surface area (Å²) in [5.41, 5.74) is 5.25. The van der Waals surface area contributed by atoms with E-state index in [1.807, 2.05) is 0 Å². The van der Waals surface area contributed by atoms with E-state index < -0.39 is 17.6 Å². The minimum absolute atomic E-state index is 0. The molecule has 0 saturated carbocycles. The van der Waals surface area contributed by atoms with Gasteiger partial charge in [-0.15, -0.1) is 23.7 Å². The Labute approximate surface area is 150 Å². The van der Waals surface area contributed by atoms with E-state index in [1.165, 1.54) is 24.5 Å². The highest BCUT2D eigenvalue weighted by atomic mass is 35.5. The molecule has 0 fully saturated rings. The number of halogens is 4. The van der Waals surface area contributed by atoms with Crippen LogP contribution in [-0.4, -0.2) is 21.1 Å². The summed E-state index contributed by atoms with van der Waals surface area (Å²) in [6.45, 7) is 0. The molecular weight excluding hydrogens is 377 g/mol. The van der Waals surface area contributed by atoms with Crippen LogP contribution in [0.4, 0.5) is 13.2 Å². The van der Waals surface area contributed by atoms with Crippen molar-refractivity contribution < 1.29 is 18.0 Å². The van der Waals surface area contributed by atoms with Gasteiger partial charge in [-0.1, -0.05) is 12.1 Å². The maximum absolute atomic E-state index is 12.9. The van der Waals surface area contributed by atoms with Crippen molar-refractivity contribution in [2.45, 2.75) is 6.18 Å². The number of hydrogen-bond acceptors (Lipinski definition) is 5. The number of thiazole rings is 1. The van der Waals surface area contributed by atoms with Gasteiger partial charge in [0.2, 0.25) is 0 Å². The molecule has 5 nitrogen and oxygen atoms in total. The van der Waals surface area contributed by atoms with Crippen LogP contribution in [-0.2, 0) is 6.18 Å². The lowest BCUT2D eigenvalue weighted by Crippen LogP contribution is -2.12. The summed E-state index contributed by atoms with van der Waals surface area (Å²) in [4.78, 5) is 16.1. The first-order chi connectivity index (χ1) is 11.4. The molecule has 0 radical (unpaired) electrons. The predicted molar refractivity (Wildman–Crippen MR) is 89.3 cm³/mol. The largest absolute Gasteiger partial charge is 0.416 e. The second-order valence-electron chi connectivity index (χ2n) is 4.77. The highest BCUT2D eigenvalue weighted by Gasteiger charge is 2.31. The fourth-order valence-corrected chi connectivity index (χ4v) is 3.12. The molecule has 0 bridgehead atoms. The first-order valence-corrected chi connectivity index (χ1v) is 7.43. The molecule has 0 spiro atoms. The van der Waals surface area contributed by atoms with E-state index in [0.29, 0.717) is 10.6 Å². The van der Waals surface area contributed by atoms with Gasteiger partial charge in [-0.3, -0.25) is 4.79 Å². The molecule has 0 atom stereocenters. The third kappa shape index (κ3) is 3.94. The van der Waals surface area contributed by atoms with Gasteiger partial charge >= 0.3 is 6.18 Å². The van der Waals surface area contributed by atoms with Crippen LogP contribution >= 0.6 is 23.7 Å². The number of carbonyl (C=O) groups is 1. The van der Waals surface area contributed by atoms with Gasteiger partial charge in [0, 0.05) is 5.56 Å². The van der Waals surface area contributed by atoms with Crippen molar-refractivity contribution in [1.82, 2.24) is 15.2 Å². The average molecular weight is 387 g/mol. The zero-order valence-corrected chi connectivity index (χ0v) is 14.0. The Bertz CT molecular complexity index is 899. The van der Waals surface area contributed by atoms with Crippen molar-refractivity contribution in [3.63, 3.8) is 0 Å². The fraction of sp³-hybridized carbons (Fsp3) is 0.0667. The van der Waals surface area contributed by atoms with Crippen molar-refractivity contribution in [3.8, 4) is 21.0 Å². The van der Waals surface area contributed by atoms with E-state index in [0.717, 1.165) is 23.5 Å². The zero-order valence-electron chi connectivity index (χ0n) is 12.3. The number of nitrogens with zero attached hydrogens (tertiary/aromatic N) is 3.